The van der Waals surface area contributed by atoms with Crippen LogP contribution in [0.5, 0.6) is 0 Å². The van der Waals surface area contributed by atoms with Gasteiger partial charge in [-0.3, -0.25) is 9.78 Å². The van der Waals surface area contributed by atoms with E-state index in [0.717, 1.165) is 12.3 Å². The molecule has 1 aromatic carbocycles. The molecule has 192 valence electrons. The highest BCUT2D eigenvalue weighted by atomic mass is 32.2. The van der Waals surface area contributed by atoms with Crippen LogP contribution in [0.15, 0.2) is 70.6 Å². The van der Waals surface area contributed by atoms with Crippen molar-refractivity contribution in [3.8, 4) is 11.3 Å². The molecule has 1 aliphatic heterocycles. The van der Waals surface area contributed by atoms with Gasteiger partial charge in [-0.05, 0) is 43.5 Å². The molecule has 1 aliphatic rings. The molecule has 1 saturated heterocycles. The van der Waals surface area contributed by atoms with Crippen LogP contribution in [0.3, 0.4) is 0 Å². The highest BCUT2D eigenvalue weighted by molar-refractivity contribution is 7.89. The Morgan fingerprint density at radius 1 is 1.08 bits per heavy atom. The molecule has 1 fully saturated rings. The molecule has 0 radical (unpaired) electrons. The third-order valence-corrected chi connectivity index (χ3v) is 8.01. The first-order valence-electron chi connectivity index (χ1n) is 11.5. The van der Waals surface area contributed by atoms with Gasteiger partial charge in [0.1, 0.15) is 17.6 Å². The number of Topliss-reactive ketones (excluding diaryl/α,β-unsaturated/α-hetero) is 1. The Morgan fingerprint density at radius 3 is 2.62 bits per heavy atom. The Labute approximate surface area is 210 Å². The van der Waals surface area contributed by atoms with Gasteiger partial charge in [0.25, 0.3) is 10.0 Å². The number of hydrogen-bond donors (Lipinski definition) is 0. The van der Waals surface area contributed by atoms with Gasteiger partial charge in [0.2, 0.25) is 5.09 Å². The predicted octanol–water partition coefficient (Wildman–Crippen LogP) is 4.66. The van der Waals surface area contributed by atoms with Crippen molar-refractivity contribution in [3.63, 3.8) is 0 Å². The first kappa shape index (κ1) is 25.0. The molecule has 0 amide bonds. The third-order valence-electron chi connectivity index (χ3n) is 6.24. The summed E-state index contributed by atoms with van der Waals surface area (Å²) in [7, 11) is -4.00. The number of hydrogen-bond acceptors (Lipinski definition) is 7. The lowest BCUT2D eigenvalue weighted by atomic mass is 10.0. The van der Waals surface area contributed by atoms with Crippen LogP contribution in [0, 0.1) is 0 Å². The van der Waals surface area contributed by atoms with E-state index >= 15 is 0 Å². The molecule has 4 aromatic rings. The van der Waals surface area contributed by atoms with Gasteiger partial charge in [-0.25, -0.2) is 18.4 Å². The van der Waals surface area contributed by atoms with E-state index in [1.165, 1.54) is 22.8 Å². The molecule has 0 bridgehead atoms. The summed E-state index contributed by atoms with van der Waals surface area (Å²) in [5, 5.41) is 0.463. The fourth-order valence-corrected chi connectivity index (χ4v) is 6.00. The average molecular weight is 531 g/mol. The van der Waals surface area contributed by atoms with Gasteiger partial charge < -0.3 is 4.42 Å². The molecule has 0 aliphatic carbocycles. The fourth-order valence-electron chi connectivity index (χ4n) is 4.37. The molecular formula is C25H21F3N4O4S. The number of sulfonamides is 1. The summed E-state index contributed by atoms with van der Waals surface area (Å²) in [6.07, 6.45) is -0.975. The van der Waals surface area contributed by atoms with Crippen molar-refractivity contribution in [1.29, 1.82) is 0 Å². The number of para-hydroxylation sites is 1. The van der Waals surface area contributed by atoms with Crippen LogP contribution in [0.25, 0.3) is 22.2 Å². The number of alkyl halides is 3. The van der Waals surface area contributed by atoms with Gasteiger partial charge in [-0.15, -0.1) is 0 Å². The maximum atomic E-state index is 13.3. The number of pyridine rings is 1. The Balaban J connectivity index is 1.28. The minimum atomic E-state index is -4.54. The van der Waals surface area contributed by atoms with Gasteiger partial charge in [0, 0.05) is 41.9 Å². The molecule has 0 N–H and O–H groups in total. The molecule has 4 heterocycles. The van der Waals surface area contributed by atoms with Crippen LogP contribution in [0.1, 0.15) is 30.7 Å². The Hall–Kier alpha value is -3.64. The number of fused-ring (bicyclic) bond motifs is 1. The van der Waals surface area contributed by atoms with Gasteiger partial charge in [0.05, 0.1) is 11.7 Å². The van der Waals surface area contributed by atoms with Crippen LogP contribution in [-0.4, -0.2) is 46.0 Å². The number of carbonyl (C=O) groups is 1. The SMILES string of the molecule is O=C(CCc1cc(-c2ccc(C(F)(F)F)nc2)ncn1)[C@@H]1CCCN1S(=O)(=O)c1cc2ccccc2o1. The molecule has 0 saturated carbocycles. The topological polar surface area (TPSA) is 106 Å². The zero-order valence-corrected chi connectivity index (χ0v) is 20.2. The van der Waals surface area contributed by atoms with Gasteiger partial charge in [-0.2, -0.15) is 17.5 Å². The molecule has 3 aromatic heterocycles. The Kier molecular flexibility index (Phi) is 6.54. The van der Waals surface area contributed by atoms with Crippen molar-refractivity contribution in [2.45, 2.75) is 43.0 Å². The first-order chi connectivity index (χ1) is 17.6. The minimum Gasteiger partial charge on any atom is -0.443 e. The second kappa shape index (κ2) is 9.67. The van der Waals surface area contributed by atoms with Crippen LogP contribution in [0.2, 0.25) is 0 Å². The number of carbonyl (C=O) groups excluding carboxylic acids is 1. The van der Waals surface area contributed by atoms with Gasteiger partial charge in [0.15, 0.2) is 5.78 Å². The van der Waals surface area contributed by atoms with Gasteiger partial charge >= 0.3 is 6.18 Å². The summed E-state index contributed by atoms with van der Waals surface area (Å²) < 4.78 is 71.6. The number of aromatic nitrogens is 3. The molecule has 5 rings (SSSR count). The Bertz CT molecular complexity index is 1520. The lowest BCUT2D eigenvalue weighted by molar-refractivity contribution is -0.141. The molecule has 37 heavy (non-hydrogen) atoms. The maximum Gasteiger partial charge on any atom is 0.433 e. The number of aryl methyl sites for hydroxylation is 1. The molecule has 1 atom stereocenters. The second-order valence-corrected chi connectivity index (χ2v) is 10.5. The highest BCUT2D eigenvalue weighted by Gasteiger charge is 2.40. The quantitative estimate of drug-likeness (QED) is 0.342. The van der Waals surface area contributed by atoms with E-state index < -0.39 is 27.9 Å². The summed E-state index contributed by atoms with van der Waals surface area (Å²) in [4.78, 5) is 24.7. The summed E-state index contributed by atoms with van der Waals surface area (Å²) in [5.74, 6) is -0.242. The predicted molar refractivity (Wildman–Crippen MR) is 127 cm³/mol. The lowest BCUT2D eigenvalue weighted by Crippen LogP contribution is -2.40. The van der Waals surface area contributed by atoms with Crippen molar-refractivity contribution >= 4 is 26.8 Å². The zero-order chi connectivity index (χ0) is 26.2. The summed E-state index contributed by atoms with van der Waals surface area (Å²) in [6.45, 7) is 0.217. The molecule has 0 unspecified atom stereocenters. The number of halogens is 3. The zero-order valence-electron chi connectivity index (χ0n) is 19.4. The van der Waals surface area contributed by atoms with Crippen molar-refractivity contribution in [2.75, 3.05) is 6.54 Å². The standard InChI is InChI=1S/C25H21F3N4O4S/c26-25(27,28)23-10-7-17(14-29-23)19-13-18(30-15-31-19)8-9-21(33)20-5-3-11-32(20)37(34,35)24-12-16-4-1-2-6-22(16)36-24/h1-2,4,6-7,10,12-15,20H,3,5,8-9,11H2/t20-/m0/s1. The van der Waals surface area contributed by atoms with Crippen LogP contribution < -0.4 is 0 Å². The minimum absolute atomic E-state index is 0.0402. The van der Waals surface area contributed by atoms with Crippen molar-refractivity contribution in [1.82, 2.24) is 19.3 Å². The number of rotatable bonds is 7. The van der Waals surface area contributed by atoms with E-state index in [1.807, 2.05) is 0 Å². The van der Waals surface area contributed by atoms with Gasteiger partial charge in [-0.1, -0.05) is 18.2 Å². The van der Waals surface area contributed by atoms with E-state index in [2.05, 4.69) is 15.0 Å². The van der Waals surface area contributed by atoms with E-state index in [9.17, 15) is 26.4 Å². The largest absolute Gasteiger partial charge is 0.443 e. The number of ketones is 1. The van der Waals surface area contributed by atoms with Crippen molar-refractivity contribution in [3.05, 3.63) is 72.4 Å². The smallest absolute Gasteiger partial charge is 0.433 e. The maximum absolute atomic E-state index is 13.3. The van der Waals surface area contributed by atoms with Crippen molar-refractivity contribution < 1.29 is 30.8 Å². The number of benzene rings is 1. The lowest BCUT2D eigenvalue weighted by Gasteiger charge is -2.21. The van der Waals surface area contributed by atoms with Crippen LogP contribution in [-0.2, 0) is 27.4 Å². The normalized spacial score (nSPS) is 16.9. The van der Waals surface area contributed by atoms with Crippen LogP contribution in [0.4, 0.5) is 13.2 Å². The summed E-state index contributed by atoms with van der Waals surface area (Å²) >= 11 is 0. The van der Waals surface area contributed by atoms with E-state index in [-0.39, 0.29) is 30.3 Å². The second-order valence-electron chi connectivity index (χ2n) is 8.67. The van der Waals surface area contributed by atoms with Crippen LogP contribution >= 0.6 is 0 Å². The summed E-state index contributed by atoms with van der Waals surface area (Å²) in [6, 6.07) is 11.3. The molecule has 0 spiro atoms. The number of nitrogens with zero attached hydrogens (tertiary/aromatic N) is 4. The monoisotopic (exact) mass is 530 g/mol. The molecule has 8 nitrogen and oxygen atoms in total. The molecule has 12 heteroatoms. The van der Waals surface area contributed by atoms with E-state index in [4.69, 9.17) is 4.42 Å². The average Bonchev–Trinajstić information content (AvgIpc) is 3.55. The summed E-state index contributed by atoms with van der Waals surface area (Å²) in [5.41, 5.74) is 0.694. The molecular weight excluding hydrogens is 509 g/mol. The Morgan fingerprint density at radius 2 is 1.89 bits per heavy atom. The first-order valence-corrected chi connectivity index (χ1v) is 12.9. The van der Waals surface area contributed by atoms with E-state index in [0.29, 0.717) is 40.8 Å². The highest BCUT2D eigenvalue weighted by Crippen LogP contribution is 2.31. The fraction of sp³-hybridized carbons (Fsp3) is 0.280. The number of furan rings is 1. The van der Waals surface area contributed by atoms with E-state index in [1.54, 1.807) is 30.3 Å². The van der Waals surface area contributed by atoms with Crippen molar-refractivity contribution in [2.24, 2.45) is 0 Å². The third kappa shape index (κ3) is 5.12.